The number of benzene rings is 6. The van der Waals surface area contributed by atoms with E-state index in [-0.39, 0.29) is 0 Å². The quantitative estimate of drug-likeness (QED) is 0.200. The van der Waals surface area contributed by atoms with Crippen molar-refractivity contribution in [1.29, 1.82) is 0 Å². The maximum absolute atomic E-state index is 6.71. The molecule has 0 saturated carbocycles. The molecular weight excluding hydrogens is 580 g/mol. The molecular formula is C40H24N6O. The Balaban J connectivity index is 1.25. The fourth-order valence-electron chi connectivity index (χ4n) is 6.71. The molecule has 7 nitrogen and oxygen atoms in total. The molecule has 0 saturated heterocycles. The summed E-state index contributed by atoms with van der Waals surface area (Å²) in [7, 11) is 0. The van der Waals surface area contributed by atoms with Crippen LogP contribution >= 0.6 is 0 Å². The van der Waals surface area contributed by atoms with Gasteiger partial charge in [-0.25, -0.2) is 19.9 Å². The van der Waals surface area contributed by atoms with Gasteiger partial charge in [0.15, 0.2) is 17.5 Å². The molecule has 0 aliphatic heterocycles. The van der Waals surface area contributed by atoms with E-state index in [4.69, 9.17) is 24.4 Å². The molecule has 10 rings (SSSR count). The second kappa shape index (κ2) is 9.95. The molecule has 10 aromatic rings. The van der Waals surface area contributed by atoms with Crippen molar-refractivity contribution in [3.05, 3.63) is 146 Å². The molecule has 47 heavy (non-hydrogen) atoms. The summed E-state index contributed by atoms with van der Waals surface area (Å²) >= 11 is 0. The average Bonchev–Trinajstić information content (AvgIpc) is 3.81. The third-order valence-electron chi connectivity index (χ3n) is 8.79. The van der Waals surface area contributed by atoms with Gasteiger partial charge >= 0.3 is 0 Å². The van der Waals surface area contributed by atoms with Crippen molar-refractivity contribution in [1.82, 2.24) is 28.9 Å². The van der Waals surface area contributed by atoms with Gasteiger partial charge in [0, 0.05) is 16.5 Å². The van der Waals surface area contributed by atoms with Crippen molar-refractivity contribution < 1.29 is 4.42 Å². The minimum atomic E-state index is 0.553. The molecule has 0 N–H and O–H groups in total. The van der Waals surface area contributed by atoms with Gasteiger partial charge in [-0.2, -0.15) is 0 Å². The Hall–Kier alpha value is -6.60. The van der Waals surface area contributed by atoms with Crippen LogP contribution in [-0.4, -0.2) is 28.9 Å². The minimum absolute atomic E-state index is 0.553. The van der Waals surface area contributed by atoms with Crippen LogP contribution in [0, 0.1) is 0 Å². The zero-order valence-corrected chi connectivity index (χ0v) is 24.9. The fourth-order valence-corrected chi connectivity index (χ4v) is 6.71. The molecule has 0 amide bonds. The zero-order valence-electron chi connectivity index (χ0n) is 24.9. The Bertz CT molecular complexity index is 2740. The van der Waals surface area contributed by atoms with Gasteiger partial charge in [0.25, 0.3) is 0 Å². The molecule has 4 aromatic heterocycles. The number of fused-ring (bicyclic) bond motifs is 8. The lowest BCUT2D eigenvalue weighted by Crippen LogP contribution is -2.00. The number of nitrogens with zero attached hydrogens (tertiary/aromatic N) is 6. The number of rotatable bonds is 4. The van der Waals surface area contributed by atoms with Gasteiger partial charge in [-0.1, -0.05) is 103 Å². The van der Waals surface area contributed by atoms with E-state index in [2.05, 4.69) is 63.6 Å². The predicted octanol–water partition coefficient (Wildman–Crippen LogP) is 9.52. The molecule has 0 spiro atoms. The Morgan fingerprint density at radius 3 is 1.83 bits per heavy atom. The summed E-state index contributed by atoms with van der Waals surface area (Å²) in [5, 5.41) is 1.98. The average molecular weight is 605 g/mol. The maximum Gasteiger partial charge on any atom is 0.220 e. The number of para-hydroxylation sites is 5. The lowest BCUT2D eigenvalue weighted by molar-refractivity contribution is 0.669. The second-order valence-corrected chi connectivity index (χ2v) is 11.5. The normalized spacial score (nSPS) is 11.8. The second-order valence-electron chi connectivity index (χ2n) is 11.5. The maximum atomic E-state index is 6.71. The van der Waals surface area contributed by atoms with Crippen LogP contribution in [-0.2, 0) is 0 Å². The number of hydrogen-bond donors (Lipinski definition) is 0. The first-order chi connectivity index (χ1) is 23.3. The molecule has 0 aliphatic rings. The fraction of sp³-hybridized carbons (Fsp3) is 0. The van der Waals surface area contributed by atoms with Crippen LogP contribution in [0.3, 0.4) is 0 Å². The SMILES string of the molecule is c1ccc(-c2nc(-c3ccccc3)nc(-c3cccc4c3oc3cccc(-n5c6ccccc6n6c7ccccc7nc56)c34)n2)cc1. The van der Waals surface area contributed by atoms with Crippen molar-refractivity contribution in [3.63, 3.8) is 0 Å². The summed E-state index contributed by atoms with van der Waals surface area (Å²) in [5.74, 6) is 2.62. The van der Waals surface area contributed by atoms with Gasteiger partial charge in [0.2, 0.25) is 5.78 Å². The molecule has 0 radical (unpaired) electrons. The highest BCUT2D eigenvalue weighted by Crippen LogP contribution is 2.40. The van der Waals surface area contributed by atoms with Crippen LogP contribution in [0.15, 0.2) is 150 Å². The lowest BCUT2D eigenvalue weighted by atomic mass is 10.1. The highest BCUT2D eigenvalue weighted by Gasteiger charge is 2.22. The van der Waals surface area contributed by atoms with Gasteiger partial charge in [0.05, 0.1) is 38.7 Å². The number of imidazole rings is 2. The lowest BCUT2D eigenvalue weighted by Gasteiger charge is -2.09. The van der Waals surface area contributed by atoms with E-state index >= 15 is 0 Å². The van der Waals surface area contributed by atoms with Gasteiger partial charge in [-0.05, 0) is 42.5 Å². The Labute approximate surface area is 268 Å². The third kappa shape index (κ3) is 3.87. The monoisotopic (exact) mass is 604 g/mol. The van der Waals surface area contributed by atoms with E-state index in [0.29, 0.717) is 17.5 Å². The number of hydrogen-bond acceptors (Lipinski definition) is 5. The van der Waals surface area contributed by atoms with Crippen LogP contribution in [0.5, 0.6) is 0 Å². The molecule has 220 valence electrons. The van der Waals surface area contributed by atoms with E-state index in [1.54, 1.807) is 0 Å². The Morgan fingerprint density at radius 1 is 0.468 bits per heavy atom. The summed E-state index contributed by atoms with van der Waals surface area (Å²) in [6.07, 6.45) is 0. The predicted molar refractivity (Wildman–Crippen MR) is 187 cm³/mol. The Kier molecular flexibility index (Phi) is 5.44. The first kappa shape index (κ1) is 25.7. The standard InChI is InChI=1S/C40H24N6O/c1-3-13-25(14-4-1)37-42-38(26-15-5-2-6-16-26)44-39(43-37)28-18-11-17-27-35-33(23-12-24-34(35)47-36(27)28)46-32-22-10-9-21-31(32)45-30-20-8-7-19-29(30)41-40(45)46/h1-24H. The first-order valence-electron chi connectivity index (χ1n) is 15.5. The smallest absolute Gasteiger partial charge is 0.220 e. The molecule has 0 aliphatic carbocycles. The molecule has 0 fully saturated rings. The van der Waals surface area contributed by atoms with Crippen LogP contribution in [0.1, 0.15) is 0 Å². The van der Waals surface area contributed by atoms with E-state index < -0.39 is 0 Å². The molecule has 0 unspecified atom stereocenters. The number of furan rings is 1. The highest BCUT2D eigenvalue weighted by molar-refractivity contribution is 6.13. The topological polar surface area (TPSA) is 74.0 Å². The van der Waals surface area contributed by atoms with E-state index in [9.17, 15) is 0 Å². The van der Waals surface area contributed by atoms with Crippen LogP contribution < -0.4 is 0 Å². The number of aromatic nitrogens is 6. The van der Waals surface area contributed by atoms with E-state index in [1.165, 1.54) is 0 Å². The minimum Gasteiger partial charge on any atom is -0.455 e. The van der Waals surface area contributed by atoms with Crippen LogP contribution in [0.4, 0.5) is 0 Å². The molecule has 4 heterocycles. The van der Waals surface area contributed by atoms with Gasteiger partial charge < -0.3 is 4.42 Å². The van der Waals surface area contributed by atoms with Crippen LogP contribution in [0.2, 0.25) is 0 Å². The van der Waals surface area contributed by atoms with Crippen molar-refractivity contribution in [3.8, 4) is 39.9 Å². The van der Waals surface area contributed by atoms with Crippen molar-refractivity contribution in [2.45, 2.75) is 0 Å². The summed E-state index contributed by atoms with van der Waals surface area (Å²) in [4.78, 5) is 20.0. The van der Waals surface area contributed by atoms with Gasteiger partial charge in [0.1, 0.15) is 11.2 Å². The summed E-state index contributed by atoms with van der Waals surface area (Å²) in [6, 6.07) is 49.1. The van der Waals surface area contributed by atoms with Crippen molar-refractivity contribution in [2.24, 2.45) is 0 Å². The highest BCUT2D eigenvalue weighted by atomic mass is 16.3. The Morgan fingerprint density at radius 2 is 1.09 bits per heavy atom. The van der Waals surface area contributed by atoms with Crippen LogP contribution in [0.25, 0.3) is 89.6 Å². The van der Waals surface area contributed by atoms with Crippen molar-refractivity contribution in [2.75, 3.05) is 0 Å². The van der Waals surface area contributed by atoms with Gasteiger partial charge in [-0.3, -0.25) is 8.97 Å². The summed E-state index contributed by atoms with van der Waals surface area (Å²) in [5.41, 5.74) is 9.31. The molecule has 0 atom stereocenters. The van der Waals surface area contributed by atoms with Crippen molar-refractivity contribution >= 4 is 49.8 Å². The molecule has 0 bridgehead atoms. The largest absolute Gasteiger partial charge is 0.455 e. The first-order valence-corrected chi connectivity index (χ1v) is 15.5. The summed E-state index contributed by atoms with van der Waals surface area (Å²) < 4.78 is 11.2. The molecule has 7 heteroatoms. The summed E-state index contributed by atoms with van der Waals surface area (Å²) in [6.45, 7) is 0. The van der Waals surface area contributed by atoms with Gasteiger partial charge in [-0.15, -0.1) is 0 Å². The van der Waals surface area contributed by atoms with E-state index in [0.717, 1.165) is 72.2 Å². The zero-order chi connectivity index (χ0) is 30.9. The molecule has 6 aromatic carbocycles. The third-order valence-corrected chi connectivity index (χ3v) is 8.79. The van der Waals surface area contributed by atoms with E-state index in [1.807, 2.05) is 91.0 Å².